The predicted molar refractivity (Wildman–Crippen MR) is 117 cm³/mol. The van der Waals surface area contributed by atoms with E-state index < -0.39 is 0 Å². The van der Waals surface area contributed by atoms with Gasteiger partial charge < -0.3 is 9.80 Å². The average Bonchev–Trinajstić information content (AvgIpc) is 3.31. The zero-order valence-electron chi connectivity index (χ0n) is 18.0. The van der Waals surface area contributed by atoms with E-state index in [9.17, 15) is 0 Å². The van der Waals surface area contributed by atoms with Gasteiger partial charge in [0.1, 0.15) is 12.0 Å². The van der Waals surface area contributed by atoms with E-state index in [1.54, 1.807) is 16.8 Å². The minimum atomic E-state index is 0.456. The van der Waals surface area contributed by atoms with Gasteiger partial charge in [-0.3, -0.25) is 4.57 Å². The highest BCUT2D eigenvalue weighted by atomic mass is 15.4. The number of nitrogens with zero attached hydrogens (tertiary/aromatic N) is 3. The Balaban J connectivity index is 1.83. The van der Waals surface area contributed by atoms with E-state index in [2.05, 4.69) is 79.7 Å². The molecule has 0 saturated carbocycles. The standard InChI is InChI=1S/C25H33N3/c1-16(2)18-10-8-11-19(17(3)4)24(18)28-22-12-7-6-9-20(22)21-15-23-26(5)13-14-27(23)25(21)28/h8,10-11,13-14,16-17,23H,6-7,9,12,15H2,1-5H3. The molecule has 1 aromatic carbocycles. The second-order valence-corrected chi connectivity index (χ2v) is 9.42. The summed E-state index contributed by atoms with van der Waals surface area (Å²) in [7, 11) is 2.21. The number of anilines is 1. The van der Waals surface area contributed by atoms with Gasteiger partial charge >= 0.3 is 0 Å². The molecule has 0 radical (unpaired) electrons. The molecule has 5 rings (SSSR count). The van der Waals surface area contributed by atoms with Crippen molar-refractivity contribution < 1.29 is 0 Å². The van der Waals surface area contributed by atoms with Crippen LogP contribution in [0.5, 0.6) is 0 Å². The largest absolute Gasteiger partial charge is 0.358 e. The molecule has 148 valence electrons. The van der Waals surface area contributed by atoms with Gasteiger partial charge in [-0.1, -0.05) is 45.9 Å². The third-order valence-electron chi connectivity index (χ3n) is 7.01. The normalized spacial score (nSPS) is 20.3. The van der Waals surface area contributed by atoms with Gasteiger partial charge in [0.15, 0.2) is 0 Å². The Labute approximate surface area is 169 Å². The molecule has 3 heterocycles. The molecule has 0 saturated heterocycles. The maximum absolute atomic E-state index is 2.69. The van der Waals surface area contributed by atoms with E-state index >= 15 is 0 Å². The number of aromatic nitrogens is 1. The summed E-state index contributed by atoms with van der Waals surface area (Å²) in [5, 5.41) is 0. The summed E-state index contributed by atoms with van der Waals surface area (Å²) in [6.45, 7) is 9.35. The lowest BCUT2D eigenvalue weighted by Gasteiger charge is -2.29. The molecule has 1 atom stereocenters. The van der Waals surface area contributed by atoms with Crippen molar-refractivity contribution >= 4 is 5.82 Å². The monoisotopic (exact) mass is 375 g/mol. The molecule has 3 aliphatic rings. The van der Waals surface area contributed by atoms with E-state index in [4.69, 9.17) is 0 Å². The number of likely N-dealkylation sites (N-methyl/N-ethyl adjacent to an activating group) is 1. The lowest BCUT2D eigenvalue weighted by Crippen LogP contribution is -2.35. The van der Waals surface area contributed by atoms with Gasteiger partial charge in [0, 0.05) is 37.1 Å². The Morgan fingerprint density at radius 1 is 0.893 bits per heavy atom. The third-order valence-corrected chi connectivity index (χ3v) is 7.01. The highest BCUT2D eigenvalue weighted by molar-refractivity contribution is 5.70. The molecule has 0 amide bonds. The molecule has 1 aliphatic carbocycles. The summed E-state index contributed by atoms with van der Waals surface area (Å²) in [4.78, 5) is 4.91. The van der Waals surface area contributed by atoms with Gasteiger partial charge in [0.05, 0.1) is 5.69 Å². The second kappa shape index (κ2) is 6.43. The van der Waals surface area contributed by atoms with E-state index in [-0.39, 0.29) is 0 Å². The van der Waals surface area contributed by atoms with Crippen LogP contribution in [-0.4, -0.2) is 22.7 Å². The Bertz CT molecular complexity index is 921. The molecule has 28 heavy (non-hydrogen) atoms. The fraction of sp³-hybridized carbons (Fsp3) is 0.520. The number of rotatable bonds is 3. The first-order valence-corrected chi connectivity index (χ1v) is 11.1. The highest BCUT2D eigenvalue weighted by Gasteiger charge is 2.41. The molecular formula is C25H33N3. The highest BCUT2D eigenvalue weighted by Crippen LogP contribution is 2.47. The molecule has 0 fully saturated rings. The first-order valence-electron chi connectivity index (χ1n) is 11.1. The molecule has 0 bridgehead atoms. The zero-order valence-corrected chi connectivity index (χ0v) is 18.0. The minimum absolute atomic E-state index is 0.456. The molecule has 1 aromatic heterocycles. The Morgan fingerprint density at radius 2 is 1.57 bits per heavy atom. The maximum atomic E-state index is 2.69. The van der Waals surface area contributed by atoms with Crippen LogP contribution in [0, 0.1) is 0 Å². The minimum Gasteiger partial charge on any atom is -0.358 e. The van der Waals surface area contributed by atoms with Crippen molar-refractivity contribution in [2.45, 2.75) is 77.8 Å². The molecular weight excluding hydrogens is 342 g/mol. The molecule has 1 unspecified atom stereocenters. The Kier molecular flexibility index (Phi) is 4.12. The lowest BCUT2D eigenvalue weighted by atomic mass is 9.91. The Hall–Kier alpha value is -2.16. The Morgan fingerprint density at radius 3 is 2.25 bits per heavy atom. The van der Waals surface area contributed by atoms with E-state index in [1.807, 2.05) is 0 Å². The van der Waals surface area contributed by atoms with Crippen LogP contribution in [0.15, 0.2) is 30.6 Å². The van der Waals surface area contributed by atoms with Gasteiger partial charge in [-0.2, -0.15) is 0 Å². The van der Waals surface area contributed by atoms with Gasteiger partial charge in [-0.25, -0.2) is 0 Å². The predicted octanol–water partition coefficient (Wildman–Crippen LogP) is 5.71. The molecule has 0 N–H and O–H groups in total. The van der Waals surface area contributed by atoms with Gasteiger partial charge in [0.25, 0.3) is 0 Å². The van der Waals surface area contributed by atoms with E-state index in [0.29, 0.717) is 18.0 Å². The van der Waals surface area contributed by atoms with Crippen molar-refractivity contribution in [1.29, 1.82) is 0 Å². The lowest BCUT2D eigenvalue weighted by molar-refractivity contribution is 0.366. The van der Waals surface area contributed by atoms with Crippen LogP contribution in [0.1, 0.15) is 80.3 Å². The van der Waals surface area contributed by atoms with Gasteiger partial charge in [-0.15, -0.1) is 0 Å². The fourth-order valence-corrected chi connectivity index (χ4v) is 5.56. The second-order valence-electron chi connectivity index (χ2n) is 9.42. The summed E-state index contributed by atoms with van der Waals surface area (Å²) in [5.41, 5.74) is 9.30. The van der Waals surface area contributed by atoms with Gasteiger partial charge in [0.2, 0.25) is 0 Å². The van der Waals surface area contributed by atoms with E-state index in [0.717, 1.165) is 6.42 Å². The van der Waals surface area contributed by atoms with Gasteiger partial charge in [-0.05, 0) is 54.2 Å². The smallest absolute Gasteiger partial charge is 0.122 e. The number of hydrogen-bond acceptors (Lipinski definition) is 2. The van der Waals surface area contributed by atoms with Crippen LogP contribution in [-0.2, 0) is 19.3 Å². The molecule has 3 nitrogen and oxygen atoms in total. The van der Waals surface area contributed by atoms with Crippen molar-refractivity contribution in [3.63, 3.8) is 0 Å². The van der Waals surface area contributed by atoms with Crippen LogP contribution < -0.4 is 4.90 Å². The van der Waals surface area contributed by atoms with E-state index in [1.165, 1.54) is 48.3 Å². The van der Waals surface area contributed by atoms with Crippen molar-refractivity contribution in [2.24, 2.45) is 0 Å². The number of para-hydroxylation sites is 1. The first-order chi connectivity index (χ1) is 13.5. The number of fused-ring (bicyclic) bond motifs is 5. The van der Waals surface area contributed by atoms with Crippen LogP contribution in [0.4, 0.5) is 5.82 Å². The summed E-state index contributed by atoms with van der Waals surface area (Å²) < 4.78 is 2.69. The number of hydrogen-bond donors (Lipinski definition) is 0. The molecule has 2 aliphatic heterocycles. The summed E-state index contributed by atoms with van der Waals surface area (Å²) in [5.74, 6) is 2.48. The summed E-state index contributed by atoms with van der Waals surface area (Å²) >= 11 is 0. The van der Waals surface area contributed by atoms with Crippen molar-refractivity contribution in [3.8, 4) is 5.69 Å². The molecule has 0 spiro atoms. The van der Waals surface area contributed by atoms with Crippen LogP contribution in [0.25, 0.3) is 5.69 Å². The zero-order chi connectivity index (χ0) is 19.6. The van der Waals surface area contributed by atoms with Crippen molar-refractivity contribution in [3.05, 3.63) is 58.5 Å². The summed E-state index contributed by atoms with van der Waals surface area (Å²) in [6.07, 6.45) is 11.3. The fourth-order valence-electron chi connectivity index (χ4n) is 5.56. The van der Waals surface area contributed by atoms with Crippen molar-refractivity contribution in [2.75, 3.05) is 11.9 Å². The van der Waals surface area contributed by atoms with Crippen LogP contribution >= 0.6 is 0 Å². The SMILES string of the molecule is CC(C)c1cccc(C(C)C)c1-n1c2c(c3c1N1C=CN(C)C1C3)CCCC2. The maximum Gasteiger partial charge on any atom is 0.122 e. The number of benzene rings is 1. The molecule has 3 heteroatoms. The topological polar surface area (TPSA) is 11.4 Å². The third kappa shape index (κ3) is 2.41. The summed E-state index contributed by atoms with van der Waals surface area (Å²) in [6, 6.07) is 6.97. The molecule has 2 aromatic rings. The van der Waals surface area contributed by atoms with Crippen molar-refractivity contribution in [1.82, 2.24) is 9.47 Å². The quantitative estimate of drug-likeness (QED) is 0.681. The van der Waals surface area contributed by atoms with Crippen LogP contribution in [0.3, 0.4) is 0 Å². The average molecular weight is 376 g/mol. The first kappa shape index (κ1) is 17.9. The van der Waals surface area contributed by atoms with Crippen LogP contribution in [0.2, 0.25) is 0 Å².